The van der Waals surface area contributed by atoms with Crippen LogP contribution in [0.4, 0.5) is 0 Å². The van der Waals surface area contributed by atoms with Gasteiger partial charge in [0.25, 0.3) is 0 Å². The number of sulfone groups is 1. The van der Waals surface area contributed by atoms with Gasteiger partial charge in [0.05, 0.1) is 29.7 Å². The van der Waals surface area contributed by atoms with Crippen molar-refractivity contribution in [1.29, 1.82) is 5.26 Å². The van der Waals surface area contributed by atoms with Crippen LogP contribution < -0.4 is 0 Å². The molecule has 4 aliphatic rings. The van der Waals surface area contributed by atoms with E-state index in [2.05, 4.69) is 18.1 Å². The quantitative estimate of drug-likeness (QED) is 0.657. The molecule has 192 valence electrons. The van der Waals surface area contributed by atoms with Crippen LogP contribution in [0.1, 0.15) is 77.2 Å². The maximum Gasteiger partial charge on any atom is 0.157 e. The fourth-order valence-corrected chi connectivity index (χ4v) is 10.9. The molecule has 0 aliphatic heterocycles. The van der Waals surface area contributed by atoms with Gasteiger partial charge in [-0.15, -0.1) is 0 Å². The highest BCUT2D eigenvalue weighted by atomic mass is 32.2. The number of aliphatic hydroxyl groups is 1. The zero-order valence-corrected chi connectivity index (χ0v) is 22.1. The number of fused-ring (bicyclic) bond motifs is 5. The highest BCUT2D eigenvalue weighted by Crippen LogP contribution is 2.68. The van der Waals surface area contributed by atoms with Crippen LogP contribution in [-0.4, -0.2) is 46.7 Å². The molecule has 4 saturated carbocycles. The van der Waals surface area contributed by atoms with Crippen LogP contribution in [0.5, 0.6) is 0 Å². The molecule has 1 aromatic rings. The number of hydrogen-bond acceptors (Lipinski definition) is 6. The first-order valence-electron chi connectivity index (χ1n) is 13.2. The van der Waals surface area contributed by atoms with Crippen LogP contribution in [0.25, 0.3) is 0 Å². The summed E-state index contributed by atoms with van der Waals surface area (Å²) in [5.74, 6) is 1.90. The minimum absolute atomic E-state index is 0.0149. The van der Waals surface area contributed by atoms with Crippen LogP contribution in [0.2, 0.25) is 0 Å². The van der Waals surface area contributed by atoms with Gasteiger partial charge in [-0.05, 0) is 99.2 Å². The van der Waals surface area contributed by atoms with Gasteiger partial charge in [0.2, 0.25) is 0 Å². The molecule has 35 heavy (non-hydrogen) atoms. The first-order chi connectivity index (χ1) is 16.4. The number of hydrogen-bond donors (Lipinski definition) is 1. The van der Waals surface area contributed by atoms with E-state index in [9.17, 15) is 18.3 Å². The lowest BCUT2D eigenvalue weighted by atomic mass is 9.44. The number of carbonyl (C=O) groups is 1. The van der Waals surface area contributed by atoms with E-state index >= 15 is 0 Å². The van der Waals surface area contributed by atoms with E-state index in [0.717, 1.165) is 44.9 Å². The number of Topliss-reactive ketones (excluding diaryl/α,β-unsaturated/α-hetero) is 1. The minimum Gasteiger partial charge on any atom is -0.390 e. The van der Waals surface area contributed by atoms with Gasteiger partial charge in [-0.3, -0.25) is 9.48 Å². The molecule has 0 amide bonds. The molecule has 0 spiro atoms. The Bertz CT molecular complexity index is 1150. The Hall–Kier alpha value is -1.72. The maximum absolute atomic E-state index is 13.4. The fraction of sp³-hybridized carbons (Fsp3) is 0.815. The predicted octanol–water partition coefficient (Wildman–Crippen LogP) is 3.76. The Morgan fingerprint density at radius 1 is 1.17 bits per heavy atom. The first-order valence-corrected chi connectivity index (χ1v) is 15.3. The predicted molar refractivity (Wildman–Crippen MR) is 132 cm³/mol. The van der Waals surface area contributed by atoms with Crippen molar-refractivity contribution in [2.75, 3.05) is 12.0 Å². The molecule has 1 heterocycles. The average molecular weight is 502 g/mol. The number of rotatable bonds is 5. The highest BCUT2D eigenvalue weighted by Gasteiger charge is 2.63. The Balaban J connectivity index is 1.40. The van der Waals surface area contributed by atoms with Crippen LogP contribution in [0.3, 0.4) is 0 Å². The third-order valence-corrected chi connectivity index (χ3v) is 11.7. The molecule has 8 heteroatoms. The van der Waals surface area contributed by atoms with Crippen LogP contribution >= 0.6 is 0 Å². The van der Waals surface area contributed by atoms with Crippen molar-refractivity contribution in [3.8, 4) is 6.07 Å². The maximum atomic E-state index is 13.4. The fourth-order valence-electron chi connectivity index (χ4n) is 9.31. The summed E-state index contributed by atoms with van der Waals surface area (Å²) in [6.45, 7) is 4.42. The van der Waals surface area contributed by atoms with E-state index in [0.29, 0.717) is 36.2 Å². The SMILES string of the molecule is C[C@@]1(O)CC[C@@]2(CS(C)(=O)=O)[C@@H](CC[C@H]3[C@@H]4CC[C@H](C(=O)Cn5cc(C#N)cn5)[C@@]4(C)CC[C@@H]32)C1. The number of aromatic nitrogens is 2. The van der Waals surface area contributed by atoms with Crippen molar-refractivity contribution in [1.82, 2.24) is 9.78 Å². The van der Waals surface area contributed by atoms with Gasteiger partial charge in [-0.1, -0.05) is 6.92 Å². The highest BCUT2D eigenvalue weighted by molar-refractivity contribution is 7.90. The Kier molecular flexibility index (Phi) is 6.00. The van der Waals surface area contributed by atoms with Gasteiger partial charge in [0.1, 0.15) is 15.9 Å². The topological polar surface area (TPSA) is 113 Å². The van der Waals surface area contributed by atoms with Gasteiger partial charge in [0.15, 0.2) is 5.78 Å². The molecule has 0 radical (unpaired) electrons. The lowest BCUT2D eigenvalue weighted by Crippen LogP contribution is -2.59. The molecule has 7 nitrogen and oxygen atoms in total. The second kappa shape index (κ2) is 8.41. The molecule has 4 aliphatic carbocycles. The molecule has 8 atom stereocenters. The van der Waals surface area contributed by atoms with Crippen molar-refractivity contribution in [3.63, 3.8) is 0 Å². The zero-order chi connectivity index (χ0) is 25.2. The van der Waals surface area contributed by atoms with Gasteiger partial charge >= 0.3 is 0 Å². The van der Waals surface area contributed by atoms with E-state index in [1.165, 1.54) is 12.5 Å². The molecule has 1 aromatic heterocycles. The first kappa shape index (κ1) is 25.0. The molecule has 0 bridgehead atoms. The molecule has 1 N–H and O–H groups in total. The van der Waals surface area contributed by atoms with E-state index in [-0.39, 0.29) is 40.7 Å². The Morgan fingerprint density at radius 3 is 2.63 bits per heavy atom. The normalized spacial score (nSPS) is 43.0. The van der Waals surface area contributed by atoms with Crippen LogP contribution in [0, 0.1) is 51.8 Å². The smallest absolute Gasteiger partial charge is 0.157 e. The largest absolute Gasteiger partial charge is 0.390 e. The van der Waals surface area contributed by atoms with Crippen molar-refractivity contribution >= 4 is 15.6 Å². The molecule has 0 saturated heterocycles. The Labute approximate surface area is 209 Å². The summed E-state index contributed by atoms with van der Waals surface area (Å²) >= 11 is 0. The summed E-state index contributed by atoms with van der Waals surface area (Å²) in [5.41, 5.74) is -0.550. The summed E-state index contributed by atoms with van der Waals surface area (Å²) < 4.78 is 26.9. The van der Waals surface area contributed by atoms with Gasteiger partial charge in [-0.2, -0.15) is 10.4 Å². The number of nitriles is 1. The number of nitrogens with zero attached hydrogens (tertiary/aromatic N) is 3. The standard InChI is InChI=1S/C27H39N3O4S/c1-25(32)10-11-27(17-35(3,33)34)19(12-25)4-5-20-21-6-7-23(26(21,2)9-8-22(20)27)24(31)16-30-15-18(13-28)14-29-30/h14-15,19-23,32H,4-12,16-17H2,1-3H3/t19-,20-,21-,22-,23+,25+,26-,27+/m0/s1. The Morgan fingerprint density at radius 2 is 1.94 bits per heavy atom. The lowest BCUT2D eigenvalue weighted by Gasteiger charge is -2.62. The minimum atomic E-state index is -3.16. The number of ketones is 1. The van der Waals surface area contributed by atoms with Gasteiger partial charge in [0, 0.05) is 18.4 Å². The third-order valence-electron chi connectivity index (χ3n) is 10.7. The molecular formula is C27H39N3O4S. The molecule has 0 unspecified atom stereocenters. The third kappa shape index (κ3) is 4.27. The summed E-state index contributed by atoms with van der Waals surface area (Å²) in [4.78, 5) is 13.4. The van der Waals surface area contributed by atoms with Gasteiger partial charge in [-0.25, -0.2) is 8.42 Å². The van der Waals surface area contributed by atoms with Crippen molar-refractivity contribution in [3.05, 3.63) is 18.0 Å². The summed E-state index contributed by atoms with van der Waals surface area (Å²) in [6, 6.07) is 2.07. The van der Waals surface area contributed by atoms with Crippen LogP contribution in [-0.2, 0) is 21.2 Å². The summed E-state index contributed by atoms with van der Waals surface area (Å²) in [6.07, 6.45) is 12.5. The zero-order valence-electron chi connectivity index (χ0n) is 21.2. The lowest BCUT2D eigenvalue weighted by molar-refractivity contribution is -0.149. The van der Waals surface area contributed by atoms with Crippen molar-refractivity contribution in [2.24, 2.45) is 40.4 Å². The summed E-state index contributed by atoms with van der Waals surface area (Å²) in [7, 11) is -3.16. The average Bonchev–Trinajstić information content (AvgIpc) is 3.36. The second-order valence-electron chi connectivity index (χ2n) is 12.8. The molecule has 5 rings (SSSR count). The second-order valence-corrected chi connectivity index (χ2v) is 15.0. The van der Waals surface area contributed by atoms with E-state index in [1.54, 1.807) is 10.9 Å². The molecule has 4 fully saturated rings. The van der Waals surface area contributed by atoms with E-state index in [1.807, 2.05) is 6.92 Å². The van der Waals surface area contributed by atoms with E-state index in [4.69, 9.17) is 5.26 Å². The van der Waals surface area contributed by atoms with Crippen molar-refractivity contribution < 1.29 is 18.3 Å². The van der Waals surface area contributed by atoms with Gasteiger partial charge < -0.3 is 5.11 Å². The number of carbonyl (C=O) groups excluding carboxylic acids is 1. The van der Waals surface area contributed by atoms with Crippen molar-refractivity contribution in [2.45, 2.75) is 83.8 Å². The van der Waals surface area contributed by atoms with E-state index < -0.39 is 15.4 Å². The molecule has 0 aromatic carbocycles. The van der Waals surface area contributed by atoms with Crippen LogP contribution in [0.15, 0.2) is 12.4 Å². The molecular weight excluding hydrogens is 462 g/mol. The summed E-state index contributed by atoms with van der Waals surface area (Å²) in [5, 5.41) is 24.1. The monoisotopic (exact) mass is 501 g/mol.